The van der Waals surface area contributed by atoms with Gasteiger partial charge >= 0.3 is 0 Å². The maximum atomic E-state index is 11.8. The minimum absolute atomic E-state index is 0.0136. The first-order valence-electron chi connectivity index (χ1n) is 7.39. The van der Waals surface area contributed by atoms with Crippen molar-refractivity contribution in [3.63, 3.8) is 0 Å². The lowest BCUT2D eigenvalue weighted by Gasteiger charge is -2.05. The van der Waals surface area contributed by atoms with Crippen molar-refractivity contribution in [1.82, 2.24) is 20.2 Å². The number of nitriles is 1. The van der Waals surface area contributed by atoms with Crippen LogP contribution in [0.2, 0.25) is 0 Å². The third-order valence-corrected chi connectivity index (χ3v) is 4.57. The molecule has 132 valence electrons. The molecule has 0 saturated carbocycles. The van der Waals surface area contributed by atoms with Gasteiger partial charge in [0.15, 0.2) is 0 Å². The van der Waals surface area contributed by atoms with Crippen LogP contribution in [0.5, 0.6) is 5.75 Å². The monoisotopic (exact) mass is 370 g/mol. The van der Waals surface area contributed by atoms with Crippen LogP contribution in [0.3, 0.4) is 0 Å². The van der Waals surface area contributed by atoms with E-state index in [9.17, 15) is 13.7 Å². The van der Waals surface area contributed by atoms with Gasteiger partial charge in [0.25, 0.3) is 0 Å². The van der Waals surface area contributed by atoms with Crippen molar-refractivity contribution in [3.8, 4) is 23.2 Å². The minimum atomic E-state index is -4.05. The Morgan fingerprint density at radius 2 is 1.96 bits per heavy atom. The Bertz CT molecular complexity index is 1080. The summed E-state index contributed by atoms with van der Waals surface area (Å²) in [6, 6.07) is 13.4. The second kappa shape index (κ2) is 6.91. The lowest BCUT2D eigenvalue weighted by atomic mass is 10.1. The van der Waals surface area contributed by atoms with Gasteiger partial charge in [0.05, 0.1) is 35.7 Å². The molecule has 0 atom stereocenters. The average Bonchev–Trinajstić information content (AvgIpc) is 3.09. The minimum Gasteiger partial charge on any atom is -0.497 e. The lowest BCUT2D eigenvalue weighted by Crippen LogP contribution is -2.14. The number of nitrogens with two attached hydrogens (primary N) is 1. The summed E-state index contributed by atoms with van der Waals surface area (Å²) in [5.74, 6) is 0.737. The van der Waals surface area contributed by atoms with Crippen molar-refractivity contribution < 1.29 is 13.2 Å². The molecular weight excluding hydrogens is 356 g/mol. The molecule has 3 rings (SSSR count). The molecule has 1 aromatic heterocycles. The molecule has 9 nitrogen and oxygen atoms in total. The largest absolute Gasteiger partial charge is 0.497 e. The molecule has 2 N–H and O–H groups in total. The molecule has 0 bridgehead atoms. The Hall–Kier alpha value is -3.29. The molecule has 0 unspecified atom stereocenters. The summed E-state index contributed by atoms with van der Waals surface area (Å²) in [4.78, 5) is 1.08. The molecule has 0 saturated heterocycles. The molecule has 0 fully saturated rings. The topological polar surface area (TPSA) is 137 Å². The van der Waals surface area contributed by atoms with Crippen LogP contribution < -0.4 is 9.88 Å². The fourth-order valence-electron chi connectivity index (χ4n) is 2.40. The van der Waals surface area contributed by atoms with Gasteiger partial charge in [0.1, 0.15) is 5.75 Å². The van der Waals surface area contributed by atoms with E-state index in [4.69, 9.17) is 9.88 Å². The predicted octanol–water partition coefficient (Wildman–Crippen LogP) is 0.916. The Labute approximate surface area is 149 Å². The summed E-state index contributed by atoms with van der Waals surface area (Å²) in [5.41, 5.74) is 1.04. The number of ether oxygens (including phenoxy) is 1. The standard InChI is InChI=1S/C16H14N6O3S/c1-25-13-7-5-11(6-8-13)10-22-20-16(19-21-22)15-12(9-17)3-2-4-14(15)26(18,23)24/h2-8H,10H2,1H3,(H2,18,23,24). The molecule has 1 heterocycles. The lowest BCUT2D eigenvalue weighted by molar-refractivity contribution is 0.414. The molecule has 2 aromatic carbocycles. The summed E-state index contributed by atoms with van der Waals surface area (Å²) in [7, 11) is -2.47. The number of benzene rings is 2. The molecule has 0 amide bonds. The molecular formula is C16H14N6O3S. The van der Waals surface area contributed by atoms with Gasteiger partial charge in [-0.25, -0.2) is 13.6 Å². The fourth-order valence-corrected chi connectivity index (χ4v) is 3.15. The zero-order chi connectivity index (χ0) is 18.7. The molecule has 0 aliphatic carbocycles. The summed E-state index contributed by atoms with van der Waals surface area (Å²) in [6.45, 7) is 0.316. The third-order valence-electron chi connectivity index (χ3n) is 3.61. The van der Waals surface area contributed by atoms with E-state index in [-0.39, 0.29) is 21.8 Å². The maximum Gasteiger partial charge on any atom is 0.238 e. The van der Waals surface area contributed by atoms with Crippen molar-refractivity contribution in [2.45, 2.75) is 11.4 Å². The molecule has 3 aromatic rings. The van der Waals surface area contributed by atoms with Crippen molar-refractivity contribution in [3.05, 3.63) is 53.6 Å². The highest BCUT2D eigenvalue weighted by atomic mass is 32.2. The van der Waals surface area contributed by atoms with E-state index in [0.717, 1.165) is 11.3 Å². The quantitative estimate of drug-likeness (QED) is 0.705. The number of aromatic nitrogens is 4. The number of hydrogen-bond acceptors (Lipinski definition) is 7. The molecule has 10 heteroatoms. The van der Waals surface area contributed by atoms with Crippen LogP contribution in [-0.2, 0) is 16.6 Å². The highest BCUT2D eigenvalue weighted by Gasteiger charge is 2.22. The predicted molar refractivity (Wildman–Crippen MR) is 91.4 cm³/mol. The normalized spacial score (nSPS) is 11.1. The number of hydrogen-bond donors (Lipinski definition) is 1. The molecule has 0 spiro atoms. The third kappa shape index (κ3) is 3.53. The van der Waals surface area contributed by atoms with Gasteiger partial charge in [0, 0.05) is 0 Å². The van der Waals surface area contributed by atoms with Crippen LogP contribution in [-0.4, -0.2) is 35.7 Å². The summed E-state index contributed by atoms with van der Waals surface area (Å²) >= 11 is 0. The Morgan fingerprint density at radius 3 is 2.58 bits per heavy atom. The molecule has 0 radical (unpaired) electrons. The van der Waals surface area contributed by atoms with Crippen molar-refractivity contribution in [2.75, 3.05) is 7.11 Å². The van der Waals surface area contributed by atoms with Gasteiger partial charge in [-0.1, -0.05) is 18.2 Å². The van der Waals surface area contributed by atoms with E-state index < -0.39 is 10.0 Å². The molecule has 0 aliphatic rings. The summed E-state index contributed by atoms with van der Waals surface area (Å²) in [6.07, 6.45) is 0. The van der Waals surface area contributed by atoms with Crippen molar-refractivity contribution >= 4 is 10.0 Å². The van der Waals surface area contributed by atoms with E-state index in [0.29, 0.717) is 6.54 Å². The summed E-state index contributed by atoms with van der Waals surface area (Å²) in [5, 5.41) is 26.5. The second-order valence-corrected chi connectivity index (χ2v) is 6.86. The fraction of sp³-hybridized carbons (Fsp3) is 0.125. The number of rotatable bonds is 5. The van der Waals surface area contributed by atoms with Crippen LogP contribution in [0, 0.1) is 11.3 Å². The van der Waals surface area contributed by atoms with E-state index in [2.05, 4.69) is 15.4 Å². The number of primary sulfonamides is 1. The van der Waals surface area contributed by atoms with E-state index in [1.54, 1.807) is 19.2 Å². The van der Waals surface area contributed by atoms with Gasteiger partial charge in [-0.2, -0.15) is 10.1 Å². The second-order valence-electron chi connectivity index (χ2n) is 5.33. The van der Waals surface area contributed by atoms with Gasteiger partial charge in [-0.05, 0) is 35.0 Å². The zero-order valence-electron chi connectivity index (χ0n) is 13.7. The molecule has 0 aliphatic heterocycles. The SMILES string of the molecule is COc1ccc(Cn2nnc(-c3c(C#N)cccc3S(N)(=O)=O)n2)cc1. The van der Waals surface area contributed by atoms with Gasteiger partial charge < -0.3 is 4.74 Å². The average molecular weight is 370 g/mol. The first-order valence-corrected chi connectivity index (χ1v) is 8.94. The van der Waals surface area contributed by atoms with Crippen molar-refractivity contribution in [2.24, 2.45) is 5.14 Å². The van der Waals surface area contributed by atoms with Crippen LogP contribution >= 0.6 is 0 Å². The van der Waals surface area contributed by atoms with Gasteiger partial charge in [-0.3, -0.25) is 0 Å². The van der Waals surface area contributed by atoms with Crippen LogP contribution in [0.1, 0.15) is 11.1 Å². The Morgan fingerprint density at radius 1 is 1.23 bits per heavy atom. The maximum absolute atomic E-state index is 11.8. The first kappa shape index (κ1) is 17.5. The van der Waals surface area contributed by atoms with E-state index >= 15 is 0 Å². The Balaban J connectivity index is 1.99. The van der Waals surface area contributed by atoms with Crippen LogP contribution in [0.4, 0.5) is 0 Å². The summed E-state index contributed by atoms with van der Waals surface area (Å²) < 4.78 is 28.8. The smallest absolute Gasteiger partial charge is 0.238 e. The zero-order valence-corrected chi connectivity index (χ0v) is 14.5. The molecule has 26 heavy (non-hydrogen) atoms. The van der Waals surface area contributed by atoms with Crippen molar-refractivity contribution in [1.29, 1.82) is 5.26 Å². The van der Waals surface area contributed by atoms with E-state index in [1.165, 1.54) is 23.0 Å². The highest BCUT2D eigenvalue weighted by molar-refractivity contribution is 7.89. The van der Waals surface area contributed by atoms with Crippen LogP contribution in [0.25, 0.3) is 11.4 Å². The first-order chi connectivity index (χ1) is 12.4. The Kier molecular flexibility index (Phi) is 4.66. The van der Waals surface area contributed by atoms with Crippen LogP contribution in [0.15, 0.2) is 47.4 Å². The van der Waals surface area contributed by atoms with E-state index in [1.807, 2.05) is 18.2 Å². The number of sulfonamides is 1. The van der Waals surface area contributed by atoms with Gasteiger partial charge in [-0.15, -0.1) is 10.2 Å². The number of nitrogens with zero attached hydrogens (tertiary/aromatic N) is 5. The number of methoxy groups -OCH3 is 1. The van der Waals surface area contributed by atoms with Gasteiger partial charge in [0.2, 0.25) is 15.8 Å². The number of tetrazole rings is 1. The highest BCUT2D eigenvalue weighted by Crippen LogP contribution is 2.27.